The first-order valence-corrected chi connectivity index (χ1v) is 7.01. The van der Waals surface area contributed by atoms with Crippen molar-refractivity contribution in [3.05, 3.63) is 35.9 Å². The van der Waals surface area contributed by atoms with Gasteiger partial charge in [-0.2, -0.15) is 0 Å². The smallest absolute Gasteiger partial charge is 0.0648 e. The summed E-state index contributed by atoms with van der Waals surface area (Å²) in [6.07, 6.45) is 7.58. The lowest BCUT2D eigenvalue weighted by atomic mass is 9.74. The van der Waals surface area contributed by atoms with E-state index in [0.29, 0.717) is 5.92 Å². The lowest BCUT2D eigenvalue weighted by Gasteiger charge is -2.36. The van der Waals surface area contributed by atoms with Crippen molar-refractivity contribution in [2.24, 2.45) is 0 Å². The van der Waals surface area contributed by atoms with E-state index in [1.165, 1.54) is 12.0 Å². The SMILES string of the molecule is CCCCC1(O)CCC(c2ccccc2)CC1. The van der Waals surface area contributed by atoms with Crippen LogP contribution in [-0.2, 0) is 0 Å². The fourth-order valence-electron chi connectivity index (χ4n) is 2.97. The van der Waals surface area contributed by atoms with E-state index in [0.717, 1.165) is 38.5 Å². The molecule has 1 aromatic rings. The molecule has 1 N–H and O–H groups in total. The van der Waals surface area contributed by atoms with E-state index in [4.69, 9.17) is 0 Å². The van der Waals surface area contributed by atoms with Gasteiger partial charge in [0.2, 0.25) is 0 Å². The molecule has 0 spiro atoms. The van der Waals surface area contributed by atoms with Crippen LogP contribution in [-0.4, -0.2) is 10.7 Å². The molecule has 94 valence electrons. The van der Waals surface area contributed by atoms with Gasteiger partial charge in [0.15, 0.2) is 0 Å². The van der Waals surface area contributed by atoms with E-state index >= 15 is 0 Å². The Balaban J connectivity index is 1.90. The molecule has 1 fully saturated rings. The van der Waals surface area contributed by atoms with E-state index in [-0.39, 0.29) is 5.60 Å². The monoisotopic (exact) mass is 232 g/mol. The average molecular weight is 232 g/mol. The van der Waals surface area contributed by atoms with Crippen molar-refractivity contribution < 1.29 is 5.11 Å². The standard InChI is InChI=1S/C16H24O/c1-2-3-11-16(17)12-9-15(10-13-16)14-7-5-4-6-8-14/h4-8,15,17H,2-3,9-13H2,1H3. The molecule has 0 unspecified atom stereocenters. The predicted molar refractivity (Wildman–Crippen MR) is 72.1 cm³/mol. The first-order valence-electron chi connectivity index (χ1n) is 7.01. The van der Waals surface area contributed by atoms with Gasteiger partial charge in [0, 0.05) is 0 Å². The molecule has 17 heavy (non-hydrogen) atoms. The summed E-state index contributed by atoms with van der Waals surface area (Å²) >= 11 is 0. The van der Waals surface area contributed by atoms with Gasteiger partial charge in [0.1, 0.15) is 0 Å². The Morgan fingerprint density at radius 1 is 1.18 bits per heavy atom. The molecule has 0 radical (unpaired) electrons. The molecule has 1 saturated carbocycles. The second-order valence-electron chi connectivity index (χ2n) is 5.51. The lowest BCUT2D eigenvalue weighted by molar-refractivity contribution is -0.0102. The Morgan fingerprint density at radius 2 is 1.82 bits per heavy atom. The highest BCUT2D eigenvalue weighted by molar-refractivity contribution is 5.20. The van der Waals surface area contributed by atoms with Crippen LogP contribution in [0.2, 0.25) is 0 Å². The Kier molecular flexibility index (Phi) is 4.22. The second-order valence-corrected chi connectivity index (χ2v) is 5.51. The third kappa shape index (κ3) is 3.32. The molecular weight excluding hydrogens is 208 g/mol. The minimum Gasteiger partial charge on any atom is -0.390 e. The molecule has 1 nitrogen and oxygen atoms in total. The summed E-state index contributed by atoms with van der Waals surface area (Å²) < 4.78 is 0. The summed E-state index contributed by atoms with van der Waals surface area (Å²) in [5.41, 5.74) is 1.09. The van der Waals surface area contributed by atoms with Crippen LogP contribution in [0.3, 0.4) is 0 Å². The van der Waals surface area contributed by atoms with Crippen molar-refractivity contribution >= 4 is 0 Å². The van der Waals surface area contributed by atoms with Gasteiger partial charge in [-0.15, -0.1) is 0 Å². The highest BCUT2D eigenvalue weighted by atomic mass is 16.3. The molecular formula is C16H24O. The van der Waals surface area contributed by atoms with Crippen LogP contribution < -0.4 is 0 Å². The van der Waals surface area contributed by atoms with Gasteiger partial charge in [0.05, 0.1) is 5.60 Å². The largest absolute Gasteiger partial charge is 0.390 e. The van der Waals surface area contributed by atoms with Crippen LogP contribution in [0.4, 0.5) is 0 Å². The molecule has 2 rings (SSSR count). The molecule has 1 heteroatoms. The van der Waals surface area contributed by atoms with E-state index in [1.807, 2.05) is 0 Å². The number of hydrogen-bond acceptors (Lipinski definition) is 1. The molecule has 1 aliphatic rings. The maximum atomic E-state index is 10.5. The van der Waals surface area contributed by atoms with Gasteiger partial charge < -0.3 is 5.11 Å². The summed E-state index contributed by atoms with van der Waals surface area (Å²) in [5, 5.41) is 10.5. The van der Waals surface area contributed by atoms with Gasteiger partial charge in [-0.05, 0) is 43.6 Å². The van der Waals surface area contributed by atoms with E-state index in [1.54, 1.807) is 0 Å². The summed E-state index contributed by atoms with van der Waals surface area (Å²) in [5.74, 6) is 0.665. The zero-order valence-electron chi connectivity index (χ0n) is 10.9. The normalized spacial score (nSPS) is 29.2. The van der Waals surface area contributed by atoms with Gasteiger partial charge in [0.25, 0.3) is 0 Å². The summed E-state index contributed by atoms with van der Waals surface area (Å²) in [4.78, 5) is 0. The minimum atomic E-state index is -0.360. The van der Waals surface area contributed by atoms with Gasteiger partial charge >= 0.3 is 0 Å². The molecule has 0 aliphatic heterocycles. The number of rotatable bonds is 4. The summed E-state index contributed by atoms with van der Waals surface area (Å²) in [6, 6.07) is 10.8. The number of hydrogen-bond donors (Lipinski definition) is 1. The first kappa shape index (κ1) is 12.6. The lowest BCUT2D eigenvalue weighted by Crippen LogP contribution is -2.33. The zero-order valence-corrected chi connectivity index (χ0v) is 10.9. The van der Waals surface area contributed by atoms with Gasteiger partial charge in [-0.1, -0.05) is 50.1 Å². The summed E-state index contributed by atoms with van der Waals surface area (Å²) in [7, 11) is 0. The van der Waals surface area contributed by atoms with Crippen LogP contribution in [0, 0.1) is 0 Å². The van der Waals surface area contributed by atoms with Gasteiger partial charge in [-0.25, -0.2) is 0 Å². The Hall–Kier alpha value is -0.820. The van der Waals surface area contributed by atoms with Gasteiger partial charge in [-0.3, -0.25) is 0 Å². The molecule has 0 atom stereocenters. The third-order valence-corrected chi connectivity index (χ3v) is 4.18. The van der Waals surface area contributed by atoms with Crippen LogP contribution in [0.15, 0.2) is 30.3 Å². The highest BCUT2D eigenvalue weighted by Crippen LogP contribution is 2.40. The van der Waals surface area contributed by atoms with Crippen LogP contribution in [0.5, 0.6) is 0 Å². The molecule has 0 bridgehead atoms. The summed E-state index contributed by atoms with van der Waals surface area (Å²) in [6.45, 7) is 2.19. The van der Waals surface area contributed by atoms with Crippen molar-refractivity contribution in [2.75, 3.05) is 0 Å². The topological polar surface area (TPSA) is 20.2 Å². The quantitative estimate of drug-likeness (QED) is 0.822. The Labute approximate surface area is 105 Å². The van der Waals surface area contributed by atoms with Crippen LogP contribution in [0.1, 0.15) is 63.4 Å². The Morgan fingerprint density at radius 3 is 2.41 bits per heavy atom. The average Bonchev–Trinajstić information content (AvgIpc) is 2.38. The number of unbranched alkanes of at least 4 members (excludes halogenated alkanes) is 1. The maximum absolute atomic E-state index is 10.5. The predicted octanol–water partition coefficient (Wildman–Crippen LogP) is 4.27. The number of benzene rings is 1. The second kappa shape index (κ2) is 5.68. The molecule has 1 aromatic carbocycles. The molecule has 0 saturated heterocycles. The van der Waals surface area contributed by atoms with Crippen molar-refractivity contribution in [2.45, 2.75) is 63.4 Å². The number of aliphatic hydroxyl groups is 1. The fraction of sp³-hybridized carbons (Fsp3) is 0.625. The molecule has 1 aliphatic carbocycles. The fourth-order valence-corrected chi connectivity index (χ4v) is 2.97. The Bertz CT molecular complexity index is 323. The van der Waals surface area contributed by atoms with Crippen molar-refractivity contribution in [1.29, 1.82) is 0 Å². The zero-order chi connectivity index (χ0) is 12.1. The minimum absolute atomic E-state index is 0.360. The third-order valence-electron chi connectivity index (χ3n) is 4.18. The van der Waals surface area contributed by atoms with Crippen molar-refractivity contribution in [1.82, 2.24) is 0 Å². The molecule has 0 amide bonds. The maximum Gasteiger partial charge on any atom is 0.0648 e. The molecule has 0 aromatic heterocycles. The first-order chi connectivity index (χ1) is 8.23. The molecule has 0 heterocycles. The van der Waals surface area contributed by atoms with E-state index in [9.17, 15) is 5.11 Å². The van der Waals surface area contributed by atoms with Crippen molar-refractivity contribution in [3.8, 4) is 0 Å². The van der Waals surface area contributed by atoms with E-state index in [2.05, 4.69) is 37.3 Å². The van der Waals surface area contributed by atoms with Crippen LogP contribution >= 0.6 is 0 Å². The van der Waals surface area contributed by atoms with E-state index < -0.39 is 0 Å². The highest BCUT2D eigenvalue weighted by Gasteiger charge is 2.32. The van der Waals surface area contributed by atoms with Crippen molar-refractivity contribution in [3.63, 3.8) is 0 Å². The van der Waals surface area contributed by atoms with Crippen LogP contribution in [0.25, 0.3) is 0 Å².